The molecule has 0 saturated carbocycles. The Kier molecular flexibility index (Phi) is 9.34. The fourth-order valence-corrected chi connectivity index (χ4v) is 1.39. The second kappa shape index (κ2) is 9.30. The summed E-state index contributed by atoms with van der Waals surface area (Å²) in [5.41, 5.74) is 2.72. The van der Waals surface area contributed by atoms with Crippen LogP contribution in [0.1, 0.15) is 39.5 Å². The maximum atomic E-state index is 3.21. The summed E-state index contributed by atoms with van der Waals surface area (Å²) < 4.78 is 0. The van der Waals surface area contributed by atoms with E-state index in [1.807, 2.05) is 0 Å². The Morgan fingerprint density at radius 1 is 0.933 bits per heavy atom. The van der Waals surface area contributed by atoms with Crippen molar-refractivity contribution in [2.75, 3.05) is 0 Å². The first-order valence-electron chi connectivity index (χ1n) is 5.39. The SMILES string of the molecule is CCC1=[C-]CC=C1.CCC1=[C-]CC=C1.[Y]. The third-order valence-electron chi connectivity index (χ3n) is 2.29. The van der Waals surface area contributed by atoms with Gasteiger partial charge in [-0.1, -0.05) is 26.7 Å². The van der Waals surface area contributed by atoms with Crippen molar-refractivity contribution in [3.63, 3.8) is 0 Å². The van der Waals surface area contributed by atoms with Crippen molar-refractivity contribution in [2.45, 2.75) is 39.5 Å². The largest absolute Gasteiger partial charge is 0.270 e. The first kappa shape index (κ1) is 15.1. The fraction of sp³-hybridized carbons (Fsp3) is 0.429. The van der Waals surface area contributed by atoms with Gasteiger partial charge in [-0.3, -0.25) is 12.2 Å². The Morgan fingerprint density at radius 2 is 1.33 bits per heavy atom. The summed E-state index contributed by atoms with van der Waals surface area (Å²) in [7, 11) is 0. The van der Waals surface area contributed by atoms with E-state index in [9.17, 15) is 0 Å². The van der Waals surface area contributed by atoms with Gasteiger partial charge >= 0.3 is 0 Å². The van der Waals surface area contributed by atoms with Crippen molar-refractivity contribution >= 4 is 0 Å². The van der Waals surface area contributed by atoms with Gasteiger partial charge in [-0.15, -0.1) is 12.8 Å². The molecule has 0 aliphatic heterocycles. The average molecular weight is 275 g/mol. The van der Waals surface area contributed by atoms with E-state index in [4.69, 9.17) is 0 Å². The molecule has 0 aromatic rings. The van der Waals surface area contributed by atoms with Gasteiger partial charge in [-0.2, -0.15) is 12.2 Å². The summed E-state index contributed by atoms with van der Waals surface area (Å²) >= 11 is 0. The zero-order valence-corrected chi connectivity index (χ0v) is 12.6. The minimum Gasteiger partial charge on any atom is -0.270 e. The summed E-state index contributed by atoms with van der Waals surface area (Å²) in [6.07, 6.45) is 19.3. The molecule has 0 saturated heterocycles. The van der Waals surface area contributed by atoms with Gasteiger partial charge in [0, 0.05) is 32.7 Å². The molecule has 0 amide bonds. The second-order valence-corrected chi connectivity index (χ2v) is 3.32. The van der Waals surface area contributed by atoms with Crippen molar-refractivity contribution < 1.29 is 32.7 Å². The minimum absolute atomic E-state index is 0. The Bertz CT molecular complexity index is 250. The zero-order chi connectivity index (χ0) is 10.2. The Morgan fingerprint density at radius 3 is 1.47 bits per heavy atom. The van der Waals surface area contributed by atoms with Gasteiger partial charge in [0.25, 0.3) is 0 Å². The number of hydrogen-bond acceptors (Lipinski definition) is 0. The van der Waals surface area contributed by atoms with E-state index in [-0.39, 0.29) is 32.7 Å². The van der Waals surface area contributed by atoms with E-state index < -0.39 is 0 Å². The Labute approximate surface area is 119 Å². The van der Waals surface area contributed by atoms with Crippen LogP contribution in [-0.2, 0) is 32.7 Å². The molecule has 0 unspecified atom stereocenters. The van der Waals surface area contributed by atoms with Crippen LogP contribution in [-0.4, -0.2) is 0 Å². The molecule has 2 rings (SSSR count). The van der Waals surface area contributed by atoms with Gasteiger partial charge in [-0.05, 0) is 0 Å². The molecule has 0 nitrogen and oxygen atoms in total. The van der Waals surface area contributed by atoms with Gasteiger partial charge in [0.1, 0.15) is 0 Å². The smallest absolute Gasteiger partial charge is 0 e. The normalized spacial score (nSPS) is 16.4. The van der Waals surface area contributed by atoms with Crippen LogP contribution in [0, 0.1) is 12.2 Å². The summed E-state index contributed by atoms with van der Waals surface area (Å²) in [6, 6.07) is 0. The average Bonchev–Trinajstić information content (AvgIpc) is 2.92. The van der Waals surface area contributed by atoms with Crippen molar-refractivity contribution in [3.8, 4) is 0 Å². The summed E-state index contributed by atoms with van der Waals surface area (Å²) in [4.78, 5) is 0. The molecule has 79 valence electrons. The molecule has 0 bridgehead atoms. The van der Waals surface area contributed by atoms with Crippen LogP contribution in [0.3, 0.4) is 0 Å². The predicted molar refractivity (Wildman–Crippen MR) is 61.6 cm³/mol. The van der Waals surface area contributed by atoms with E-state index in [0.29, 0.717) is 0 Å². The molecule has 0 aromatic heterocycles. The first-order chi connectivity index (χ1) is 6.86. The summed E-state index contributed by atoms with van der Waals surface area (Å²) in [6.45, 7) is 4.30. The predicted octanol–water partition coefficient (Wildman–Crippen LogP) is 4.17. The van der Waals surface area contributed by atoms with E-state index in [2.05, 4.69) is 50.3 Å². The second-order valence-electron chi connectivity index (χ2n) is 3.32. The maximum Gasteiger partial charge on any atom is 0 e. The molecule has 1 heteroatoms. The molecule has 0 fully saturated rings. The third-order valence-corrected chi connectivity index (χ3v) is 2.29. The summed E-state index contributed by atoms with van der Waals surface area (Å²) in [5, 5.41) is 0. The van der Waals surface area contributed by atoms with E-state index >= 15 is 0 Å². The molecule has 0 N–H and O–H groups in total. The molecular formula is C14H18Y-2. The quantitative estimate of drug-likeness (QED) is 0.663. The van der Waals surface area contributed by atoms with Crippen molar-refractivity contribution in [1.82, 2.24) is 0 Å². The van der Waals surface area contributed by atoms with Crippen LogP contribution in [0.4, 0.5) is 0 Å². The van der Waals surface area contributed by atoms with Crippen LogP contribution in [0.5, 0.6) is 0 Å². The minimum atomic E-state index is 0. The van der Waals surface area contributed by atoms with Gasteiger partial charge in [-0.25, -0.2) is 23.3 Å². The van der Waals surface area contributed by atoms with Crippen LogP contribution in [0.2, 0.25) is 0 Å². The van der Waals surface area contributed by atoms with E-state index in [0.717, 1.165) is 25.7 Å². The topological polar surface area (TPSA) is 0 Å². The third kappa shape index (κ3) is 6.27. The molecule has 0 aromatic carbocycles. The van der Waals surface area contributed by atoms with Crippen LogP contribution < -0.4 is 0 Å². The van der Waals surface area contributed by atoms with E-state index in [1.54, 1.807) is 0 Å². The molecule has 2 aliphatic rings. The molecular weight excluding hydrogens is 257 g/mol. The Hall–Kier alpha value is 0.0639. The molecule has 2 aliphatic carbocycles. The molecule has 0 heterocycles. The van der Waals surface area contributed by atoms with Gasteiger partial charge in [0.15, 0.2) is 0 Å². The number of hydrogen-bond donors (Lipinski definition) is 0. The van der Waals surface area contributed by atoms with Gasteiger partial charge in [0.05, 0.1) is 0 Å². The van der Waals surface area contributed by atoms with E-state index in [1.165, 1.54) is 11.1 Å². The Balaban J connectivity index is 0.000000245. The van der Waals surface area contributed by atoms with Crippen LogP contribution >= 0.6 is 0 Å². The number of rotatable bonds is 2. The monoisotopic (exact) mass is 275 g/mol. The zero-order valence-electron chi connectivity index (χ0n) is 9.72. The molecule has 15 heavy (non-hydrogen) atoms. The van der Waals surface area contributed by atoms with Crippen LogP contribution in [0.15, 0.2) is 35.5 Å². The molecule has 1 radical (unpaired) electrons. The van der Waals surface area contributed by atoms with Gasteiger partial charge in [0.2, 0.25) is 0 Å². The fourth-order valence-electron chi connectivity index (χ4n) is 1.39. The summed E-state index contributed by atoms with van der Waals surface area (Å²) in [5.74, 6) is 0. The first-order valence-corrected chi connectivity index (χ1v) is 5.39. The molecule has 0 atom stereocenters. The van der Waals surface area contributed by atoms with Crippen LogP contribution in [0.25, 0.3) is 0 Å². The maximum absolute atomic E-state index is 3.21. The van der Waals surface area contributed by atoms with Crippen molar-refractivity contribution in [3.05, 3.63) is 47.6 Å². The van der Waals surface area contributed by atoms with Crippen molar-refractivity contribution in [1.29, 1.82) is 0 Å². The van der Waals surface area contributed by atoms with Crippen molar-refractivity contribution in [2.24, 2.45) is 0 Å². The number of allylic oxidation sites excluding steroid dienone is 8. The molecule has 0 spiro atoms. The van der Waals surface area contributed by atoms with Gasteiger partial charge < -0.3 is 0 Å². The standard InChI is InChI=1S/2C7H9.Y/c2*1-2-7-5-3-4-6-7;/h2*3,5H,2,4H2,1H3;/q2*-1;.